The summed E-state index contributed by atoms with van der Waals surface area (Å²) in [6.45, 7) is 3.60. The summed E-state index contributed by atoms with van der Waals surface area (Å²) in [7, 11) is 0. The molecular weight excluding hydrogens is 284 g/mol. The minimum absolute atomic E-state index is 0.746. The number of halogens is 1. The predicted molar refractivity (Wildman–Crippen MR) is 71.9 cm³/mol. The minimum Gasteiger partial charge on any atom is -0.310 e. The van der Waals surface area contributed by atoms with Crippen LogP contribution < -0.4 is 5.32 Å². The Balaban J connectivity index is 1.49. The Bertz CT molecular complexity index is 362. The van der Waals surface area contributed by atoms with E-state index in [0.717, 1.165) is 18.6 Å². The molecule has 2 aliphatic rings. The van der Waals surface area contributed by atoms with Crippen molar-refractivity contribution in [3.63, 3.8) is 0 Å². The second-order valence-electron chi connectivity index (χ2n) is 4.89. The van der Waals surface area contributed by atoms with Crippen molar-refractivity contribution in [1.29, 1.82) is 0 Å². The maximum Gasteiger partial charge on any atom is 0.0328 e. The zero-order chi connectivity index (χ0) is 11.0. The smallest absolute Gasteiger partial charge is 0.0328 e. The van der Waals surface area contributed by atoms with Crippen molar-refractivity contribution in [3.8, 4) is 0 Å². The SMILES string of the molecule is Brc1csc(CN2CCC(NC3CC3)C2)c1. The molecule has 1 aliphatic heterocycles. The van der Waals surface area contributed by atoms with E-state index in [2.05, 4.69) is 37.6 Å². The lowest BCUT2D eigenvalue weighted by molar-refractivity contribution is 0.322. The highest BCUT2D eigenvalue weighted by Gasteiger charge is 2.29. The first-order chi connectivity index (χ1) is 7.79. The Kier molecular flexibility index (Phi) is 3.34. The fraction of sp³-hybridized carbons (Fsp3) is 0.667. The van der Waals surface area contributed by atoms with E-state index >= 15 is 0 Å². The van der Waals surface area contributed by atoms with Crippen molar-refractivity contribution in [2.24, 2.45) is 0 Å². The maximum absolute atomic E-state index is 3.73. The molecule has 1 atom stereocenters. The lowest BCUT2D eigenvalue weighted by atomic mass is 10.2. The van der Waals surface area contributed by atoms with Gasteiger partial charge in [-0.15, -0.1) is 11.3 Å². The van der Waals surface area contributed by atoms with Gasteiger partial charge in [-0.25, -0.2) is 0 Å². The van der Waals surface area contributed by atoms with Gasteiger partial charge in [-0.3, -0.25) is 4.90 Å². The van der Waals surface area contributed by atoms with Crippen LogP contribution in [0.2, 0.25) is 0 Å². The molecule has 0 aromatic carbocycles. The summed E-state index contributed by atoms with van der Waals surface area (Å²) in [5.74, 6) is 0. The minimum atomic E-state index is 0.746. The van der Waals surface area contributed by atoms with E-state index < -0.39 is 0 Å². The monoisotopic (exact) mass is 300 g/mol. The van der Waals surface area contributed by atoms with Crippen molar-refractivity contribution in [3.05, 3.63) is 20.8 Å². The van der Waals surface area contributed by atoms with Crippen LogP contribution in [-0.4, -0.2) is 30.1 Å². The highest BCUT2D eigenvalue weighted by Crippen LogP contribution is 2.25. The number of rotatable bonds is 4. The molecule has 0 amide bonds. The molecule has 1 saturated carbocycles. The highest BCUT2D eigenvalue weighted by molar-refractivity contribution is 9.10. The number of nitrogens with zero attached hydrogens (tertiary/aromatic N) is 1. The first kappa shape index (κ1) is 11.2. The van der Waals surface area contributed by atoms with Crippen LogP contribution >= 0.6 is 27.3 Å². The van der Waals surface area contributed by atoms with Gasteiger partial charge >= 0.3 is 0 Å². The van der Waals surface area contributed by atoms with Gasteiger partial charge in [0.15, 0.2) is 0 Å². The van der Waals surface area contributed by atoms with Crippen LogP contribution in [0.25, 0.3) is 0 Å². The Morgan fingerprint density at radius 1 is 1.38 bits per heavy atom. The summed E-state index contributed by atoms with van der Waals surface area (Å²) < 4.78 is 1.22. The zero-order valence-electron chi connectivity index (χ0n) is 9.29. The number of thiophene rings is 1. The molecule has 0 radical (unpaired) electrons. The molecule has 2 heterocycles. The molecule has 0 spiro atoms. The largest absolute Gasteiger partial charge is 0.310 e. The highest BCUT2D eigenvalue weighted by atomic mass is 79.9. The summed E-state index contributed by atoms with van der Waals surface area (Å²) >= 11 is 5.37. The van der Waals surface area contributed by atoms with Crippen LogP contribution in [0, 0.1) is 0 Å². The topological polar surface area (TPSA) is 15.3 Å². The second kappa shape index (κ2) is 4.77. The third kappa shape index (κ3) is 2.86. The molecule has 3 rings (SSSR count). The summed E-state index contributed by atoms with van der Waals surface area (Å²) in [6, 6.07) is 3.84. The Morgan fingerprint density at radius 3 is 2.94 bits per heavy atom. The number of hydrogen-bond acceptors (Lipinski definition) is 3. The molecule has 2 nitrogen and oxygen atoms in total. The average molecular weight is 301 g/mol. The van der Waals surface area contributed by atoms with Crippen molar-refractivity contribution < 1.29 is 0 Å². The Labute approximate surface area is 109 Å². The number of likely N-dealkylation sites (tertiary alicyclic amines) is 1. The first-order valence-corrected chi connectivity index (χ1v) is 7.68. The van der Waals surface area contributed by atoms with E-state index in [9.17, 15) is 0 Å². The number of nitrogens with one attached hydrogen (secondary N) is 1. The summed E-state index contributed by atoms with van der Waals surface area (Å²) in [4.78, 5) is 4.04. The van der Waals surface area contributed by atoms with Gasteiger partial charge in [-0.05, 0) is 41.3 Å². The first-order valence-electron chi connectivity index (χ1n) is 6.01. The van der Waals surface area contributed by atoms with Crippen molar-refractivity contribution in [1.82, 2.24) is 10.2 Å². The van der Waals surface area contributed by atoms with Gasteiger partial charge in [0, 0.05) is 46.4 Å². The molecule has 88 valence electrons. The van der Waals surface area contributed by atoms with Gasteiger partial charge in [0.25, 0.3) is 0 Å². The van der Waals surface area contributed by atoms with Crippen LogP contribution in [0.1, 0.15) is 24.1 Å². The molecule has 1 saturated heterocycles. The molecular formula is C12H17BrN2S. The van der Waals surface area contributed by atoms with Gasteiger partial charge in [0.2, 0.25) is 0 Å². The lowest BCUT2D eigenvalue weighted by Gasteiger charge is -2.15. The second-order valence-corrected chi connectivity index (χ2v) is 6.80. The lowest BCUT2D eigenvalue weighted by Crippen LogP contribution is -2.33. The standard InChI is InChI=1S/C12H17BrN2S/c13-9-5-12(16-8-9)7-15-4-3-11(6-15)14-10-1-2-10/h5,8,10-11,14H,1-4,6-7H2. The third-order valence-electron chi connectivity index (χ3n) is 3.32. The molecule has 2 fully saturated rings. The molecule has 1 N–H and O–H groups in total. The molecule has 1 aromatic heterocycles. The van der Waals surface area contributed by atoms with Crippen LogP contribution in [0.5, 0.6) is 0 Å². The fourth-order valence-electron chi connectivity index (χ4n) is 2.35. The van der Waals surface area contributed by atoms with Gasteiger partial charge in [-0.1, -0.05) is 0 Å². The van der Waals surface area contributed by atoms with E-state index in [1.165, 1.54) is 41.7 Å². The Morgan fingerprint density at radius 2 is 2.25 bits per heavy atom. The quantitative estimate of drug-likeness (QED) is 0.920. The van der Waals surface area contributed by atoms with Gasteiger partial charge in [0.1, 0.15) is 0 Å². The van der Waals surface area contributed by atoms with E-state index in [4.69, 9.17) is 0 Å². The zero-order valence-corrected chi connectivity index (χ0v) is 11.7. The predicted octanol–water partition coefficient (Wildman–Crippen LogP) is 2.84. The van der Waals surface area contributed by atoms with Crippen LogP contribution in [0.3, 0.4) is 0 Å². The van der Waals surface area contributed by atoms with Crippen molar-refractivity contribution >= 4 is 27.3 Å². The summed E-state index contributed by atoms with van der Waals surface area (Å²) in [6.07, 6.45) is 4.12. The molecule has 4 heteroatoms. The molecule has 1 unspecified atom stereocenters. The van der Waals surface area contributed by atoms with Gasteiger partial charge in [0.05, 0.1) is 0 Å². The summed E-state index contributed by atoms with van der Waals surface area (Å²) in [5, 5.41) is 5.90. The molecule has 0 bridgehead atoms. The van der Waals surface area contributed by atoms with Crippen LogP contribution in [-0.2, 0) is 6.54 Å². The van der Waals surface area contributed by atoms with Gasteiger partial charge in [-0.2, -0.15) is 0 Å². The normalized spacial score (nSPS) is 26.4. The summed E-state index contributed by atoms with van der Waals surface area (Å²) in [5.41, 5.74) is 0. The van der Waals surface area contributed by atoms with E-state index in [1.807, 2.05) is 11.3 Å². The maximum atomic E-state index is 3.73. The number of hydrogen-bond donors (Lipinski definition) is 1. The molecule has 1 aromatic rings. The van der Waals surface area contributed by atoms with Crippen molar-refractivity contribution in [2.75, 3.05) is 13.1 Å². The van der Waals surface area contributed by atoms with Crippen molar-refractivity contribution in [2.45, 2.75) is 37.9 Å². The Hall–Kier alpha value is 0.1000. The fourth-order valence-corrected chi connectivity index (χ4v) is 3.85. The van der Waals surface area contributed by atoms with Crippen LogP contribution in [0.15, 0.2) is 15.9 Å². The van der Waals surface area contributed by atoms with E-state index in [1.54, 1.807) is 0 Å². The van der Waals surface area contributed by atoms with E-state index in [-0.39, 0.29) is 0 Å². The third-order valence-corrected chi connectivity index (χ3v) is 5.00. The average Bonchev–Trinajstić information content (AvgIpc) is 2.80. The van der Waals surface area contributed by atoms with E-state index in [0.29, 0.717) is 0 Å². The van der Waals surface area contributed by atoms with Crippen LogP contribution in [0.4, 0.5) is 0 Å². The molecule has 16 heavy (non-hydrogen) atoms. The molecule has 1 aliphatic carbocycles. The van der Waals surface area contributed by atoms with Gasteiger partial charge < -0.3 is 5.32 Å².